The Kier molecular flexibility index (Phi) is 5.65. The van der Waals surface area contributed by atoms with Crippen LogP contribution in [0.5, 0.6) is 0 Å². The Morgan fingerprint density at radius 3 is 2.48 bits per heavy atom. The number of aryl methyl sites for hydroxylation is 3. The Labute approximate surface area is 192 Å². The fraction of sp³-hybridized carbons (Fsp3) is 0.273. The molecule has 0 atom stereocenters. The number of hydrogen-bond acceptors (Lipinski definition) is 4. The van der Waals surface area contributed by atoms with E-state index in [1.165, 1.54) is 28.9 Å². The quantitative estimate of drug-likeness (QED) is 0.428. The minimum absolute atomic E-state index is 0.0756. The molecule has 0 aliphatic heterocycles. The molecule has 0 aliphatic rings. The van der Waals surface area contributed by atoms with E-state index in [0.29, 0.717) is 20.8 Å². The van der Waals surface area contributed by atoms with Crippen LogP contribution in [0.3, 0.4) is 0 Å². The van der Waals surface area contributed by atoms with Gasteiger partial charge in [0.15, 0.2) is 17.0 Å². The molecule has 0 unspecified atom stereocenters. The van der Waals surface area contributed by atoms with Gasteiger partial charge in [-0.3, -0.25) is 9.48 Å². The standard InChI is InChI=1S/C22H20ClF3N6O/c1-12-5-6-14(7-13(12)2)16-8-19(22(24,25)26)32-20(28-16)9-17(29-32)21(33)30(3)11-18-15(23)10-27-31(18)4/h5-10H,11H2,1-4H3. The molecule has 0 aliphatic carbocycles. The first-order chi connectivity index (χ1) is 15.5. The number of hydrogen-bond donors (Lipinski definition) is 0. The molecule has 4 aromatic rings. The van der Waals surface area contributed by atoms with Crippen molar-refractivity contribution >= 4 is 23.2 Å². The van der Waals surface area contributed by atoms with Crippen LogP contribution in [0.15, 0.2) is 36.5 Å². The van der Waals surface area contributed by atoms with Gasteiger partial charge in [0.05, 0.1) is 29.2 Å². The van der Waals surface area contributed by atoms with Crippen LogP contribution in [0, 0.1) is 13.8 Å². The lowest BCUT2D eigenvalue weighted by atomic mass is 10.0. The first kappa shape index (κ1) is 22.8. The van der Waals surface area contributed by atoms with Crippen molar-refractivity contribution in [3.8, 4) is 11.3 Å². The molecule has 7 nitrogen and oxygen atoms in total. The molecule has 3 aromatic heterocycles. The van der Waals surface area contributed by atoms with Crippen LogP contribution >= 0.6 is 11.6 Å². The second-order valence-electron chi connectivity index (χ2n) is 7.85. The fourth-order valence-corrected chi connectivity index (χ4v) is 3.66. The Hall–Kier alpha value is -3.40. The molecule has 0 spiro atoms. The molecule has 0 saturated heterocycles. The van der Waals surface area contributed by atoms with Crippen LogP contribution in [0.2, 0.25) is 5.02 Å². The third kappa shape index (κ3) is 4.30. The first-order valence-electron chi connectivity index (χ1n) is 9.93. The van der Waals surface area contributed by atoms with E-state index in [2.05, 4.69) is 15.2 Å². The Morgan fingerprint density at radius 2 is 1.88 bits per heavy atom. The second-order valence-corrected chi connectivity index (χ2v) is 8.25. The average Bonchev–Trinajstić information content (AvgIpc) is 3.32. The lowest BCUT2D eigenvalue weighted by Crippen LogP contribution is -2.28. The highest BCUT2D eigenvalue weighted by Crippen LogP contribution is 2.33. The molecule has 0 saturated carbocycles. The van der Waals surface area contributed by atoms with E-state index in [1.807, 2.05) is 19.9 Å². The summed E-state index contributed by atoms with van der Waals surface area (Å²) in [5.41, 5.74) is 1.97. The van der Waals surface area contributed by atoms with Gasteiger partial charge in [-0.05, 0) is 37.1 Å². The lowest BCUT2D eigenvalue weighted by molar-refractivity contribution is -0.142. The molecule has 4 rings (SSSR count). The summed E-state index contributed by atoms with van der Waals surface area (Å²) in [6.45, 7) is 3.90. The fourth-order valence-electron chi connectivity index (χ4n) is 3.44. The monoisotopic (exact) mass is 476 g/mol. The van der Waals surface area contributed by atoms with Crippen LogP contribution < -0.4 is 0 Å². The minimum Gasteiger partial charge on any atom is -0.334 e. The maximum absolute atomic E-state index is 13.9. The summed E-state index contributed by atoms with van der Waals surface area (Å²) in [4.78, 5) is 18.6. The number of rotatable bonds is 4. The zero-order valence-electron chi connectivity index (χ0n) is 18.3. The number of nitrogens with zero attached hydrogens (tertiary/aromatic N) is 6. The first-order valence-corrected chi connectivity index (χ1v) is 10.3. The highest BCUT2D eigenvalue weighted by Gasteiger charge is 2.36. The average molecular weight is 477 g/mol. The van der Waals surface area contributed by atoms with Crippen molar-refractivity contribution in [1.82, 2.24) is 29.3 Å². The lowest BCUT2D eigenvalue weighted by Gasteiger charge is -2.16. The second kappa shape index (κ2) is 8.18. The van der Waals surface area contributed by atoms with E-state index in [9.17, 15) is 18.0 Å². The SMILES string of the molecule is Cc1ccc(-c2cc(C(F)(F)F)n3nc(C(=O)N(C)Cc4c(Cl)cnn4C)cc3n2)cc1C. The van der Waals surface area contributed by atoms with Gasteiger partial charge in [-0.25, -0.2) is 9.50 Å². The van der Waals surface area contributed by atoms with Crippen molar-refractivity contribution in [2.45, 2.75) is 26.6 Å². The Bertz CT molecular complexity index is 1360. The maximum atomic E-state index is 13.9. The molecular formula is C22H20ClF3N6O. The van der Waals surface area contributed by atoms with E-state index in [1.54, 1.807) is 19.2 Å². The van der Waals surface area contributed by atoms with Gasteiger partial charge >= 0.3 is 6.18 Å². The maximum Gasteiger partial charge on any atom is 0.433 e. The topological polar surface area (TPSA) is 68.3 Å². The third-order valence-corrected chi connectivity index (χ3v) is 5.80. The summed E-state index contributed by atoms with van der Waals surface area (Å²) in [5, 5.41) is 8.33. The summed E-state index contributed by atoms with van der Waals surface area (Å²) in [7, 11) is 3.19. The van der Waals surface area contributed by atoms with E-state index < -0.39 is 17.8 Å². The number of benzene rings is 1. The third-order valence-electron chi connectivity index (χ3n) is 5.48. The summed E-state index contributed by atoms with van der Waals surface area (Å²) in [6, 6.07) is 7.52. The summed E-state index contributed by atoms with van der Waals surface area (Å²) in [6.07, 6.45) is -3.25. The normalized spacial score (nSPS) is 11.9. The smallest absolute Gasteiger partial charge is 0.334 e. The predicted octanol–water partition coefficient (Wildman–Crippen LogP) is 4.69. The number of fused-ring (bicyclic) bond motifs is 1. The molecule has 0 radical (unpaired) electrons. The van der Waals surface area contributed by atoms with Gasteiger partial charge in [0.25, 0.3) is 5.91 Å². The minimum atomic E-state index is -4.70. The number of aromatic nitrogens is 5. The number of carbonyl (C=O) groups is 1. The van der Waals surface area contributed by atoms with Crippen LogP contribution in [-0.2, 0) is 19.8 Å². The Morgan fingerprint density at radius 1 is 1.15 bits per heavy atom. The number of amides is 1. The molecule has 11 heteroatoms. The largest absolute Gasteiger partial charge is 0.433 e. The number of alkyl halides is 3. The van der Waals surface area contributed by atoms with Crippen molar-refractivity contribution in [3.05, 3.63) is 69.8 Å². The van der Waals surface area contributed by atoms with Crippen LogP contribution in [0.25, 0.3) is 16.9 Å². The van der Waals surface area contributed by atoms with E-state index in [-0.39, 0.29) is 23.6 Å². The summed E-state index contributed by atoms with van der Waals surface area (Å²) >= 11 is 6.10. The zero-order chi connectivity index (χ0) is 24.1. The molecule has 1 aromatic carbocycles. The van der Waals surface area contributed by atoms with Crippen molar-refractivity contribution in [2.75, 3.05) is 7.05 Å². The van der Waals surface area contributed by atoms with Gasteiger partial charge in [-0.1, -0.05) is 23.7 Å². The van der Waals surface area contributed by atoms with Crippen LogP contribution in [-0.4, -0.2) is 42.2 Å². The molecule has 33 heavy (non-hydrogen) atoms. The Balaban J connectivity index is 1.77. The number of halogens is 4. The van der Waals surface area contributed by atoms with Gasteiger partial charge in [0, 0.05) is 25.7 Å². The highest BCUT2D eigenvalue weighted by atomic mass is 35.5. The number of carbonyl (C=O) groups excluding carboxylic acids is 1. The van der Waals surface area contributed by atoms with Crippen LogP contribution in [0.4, 0.5) is 13.2 Å². The van der Waals surface area contributed by atoms with Gasteiger partial charge in [0.1, 0.15) is 0 Å². The van der Waals surface area contributed by atoms with Gasteiger partial charge in [0.2, 0.25) is 0 Å². The highest BCUT2D eigenvalue weighted by molar-refractivity contribution is 6.31. The zero-order valence-corrected chi connectivity index (χ0v) is 19.0. The van der Waals surface area contributed by atoms with Crippen molar-refractivity contribution in [3.63, 3.8) is 0 Å². The van der Waals surface area contributed by atoms with E-state index >= 15 is 0 Å². The van der Waals surface area contributed by atoms with Gasteiger partial charge in [-0.2, -0.15) is 23.4 Å². The molecule has 3 heterocycles. The predicted molar refractivity (Wildman–Crippen MR) is 117 cm³/mol. The summed E-state index contributed by atoms with van der Waals surface area (Å²) in [5.74, 6) is -0.571. The molecule has 0 bridgehead atoms. The van der Waals surface area contributed by atoms with Crippen molar-refractivity contribution < 1.29 is 18.0 Å². The van der Waals surface area contributed by atoms with E-state index in [0.717, 1.165) is 17.2 Å². The molecule has 172 valence electrons. The van der Waals surface area contributed by atoms with Crippen molar-refractivity contribution in [1.29, 1.82) is 0 Å². The molecule has 1 amide bonds. The van der Waals surface area contributed by atoms with Crippen molar-refractivity contribution in [2.24, 2.45) is 7.05 Å². The van der Waals surface area contributed by atoms with E-state index in [4.69, 9.17) is 11.6 Å². The van der Waals surface area contributed by atoms with Gasteiger partial charge < -0.3 is 4.90 Å². The molecule has 0 fully saturated rings. The molecular weight excluding hydrogens is 457 g/mol. The van der Waals surface area contributed by atoms with Gasteiger partial charge in [-0.15, -0.1) is 0 Å². The summed E-state index contributed by atoms with van der Waals surface area (Å²) < 4.78 is 43.8. The van der Waals surface area contributed by atoms with Crippen LogP contribution in [0.1, 0.15) is 33.0 Å². The molecule has 0 N–H and O–H groups in total.